The summed E-state index contributed by atoms with van der Waals surface area (Å²) in [7, 11) is 4.53. The summed E-state index contributed by atoms with van der Waals surface area (Å²) in [6, 6.07) is 20.4. The Morgan fingerprint density at radius 1 is 0.411 bits per heavy atom. The van der Waals surface area contributed by atoms with Gasteiger partial charge in [0.05, 0.1) is 38.4 Å². The van der Waals surface area contributed by atoms with E-state index in [-0.39, 0.29) is 250 Å². The third-order valence-electron chi connectivity index (χ3n) is 24.2. The number of carbonyl (C=O) groups excluding carboxylic acids is 15. The van der Waals surface area contributed by atoms with Crippen LogP contribution in [0.15, 0.2) is 48.8 Å². The Bertz CT molecular complexity index is 6100. The van der Waals surface area contributed by atoms with Crippen molar-refractivity contribution in [3.05, 3.63) is 202 Å². The number of amides is 3. The molecule has 1 saturated carbocycles. The molecule has 5 aromatic heterocycles. The number of hydrogen-bond donors (Lipinski definition) is 12. The molecule has 14 N–H and O–H groups in total. The van der Waals surface area contributed by atoms with E-state index in [1.165, 1.54) is 21.3 Å². The number of nitrogens with one attached hydrogen (secondary N) is 8. The number of methoxy groups -OCH3 is 3. The fourth-order valence-electron chi connectivity index (χ4n) is 17.6. The summed E-state index contributed by atoms with van der Waals surface area (Å²) >= 11 is 0. The van der Waals surface area contributed by atoms with E-state index in [1.54, 1.807) is 51.3 Å². The standard InChI is InChI=1S/C23H23N2O4.C21H19N2O4.C14H17NO4.C13H17NO3.C11H13NO3.C9H8NO.C6H8O2.C5H9NO3.C4H10O3.ClH.3Y/c1-3-29-21(27)10-8-14-19(24-18-5-4-6-20(26)22(14)18)12-16-15-11-13(2)7-9-17(15)25-23(16)28;1-11-5-7-15-13(9-11)14(21(27)23-15)10-17-12(6-8-19(25)26)20-16(22-17)3-2-4-18(20)24;1-2-19-13(18)7-6-9-11(8-16)15-10-4-3-5-12(17)14(9)10;1-2-17-12(16)7-6-9-8-14-10-4-3-5-11(15)13(9)10;13-9-3-1-2-8-11(9)7(6-12-8)4-5-10(14)15;1-6-2-3-8-7(4-6)5-9(11)10-8;7-5-2-1-3-6(8)4-5;6-3-4(7)1-2-5(8)9;1-5-4(6-2)7-3;;;;/h9,11-12,24H,3-6,8,10H2,1-2H3,(H,25,28);7,9-10,22H,2-4,6,8H2,1H3,(H,23,27)(H,25,26);8,15H,2-7H2,1H3;8,14H,2-7H2,1H3;6,12H,1-5H2,(H,14,15);3-4H,5H2,1H3,(H,10,11);1-4H2;1-3,6H2,(H,8,9);4H,1-3H3;1H;;;/q2*-1;;;;-1;;;;;;;/b16-12-;14-10-;;;;;;;;;;;. The van der Waals surface area contributed by atoms with Crippen LogP contribution in [-0.4, -0.2) is 200 Å². The minimum atomic E-state index is -0.934. The Labute approximate surface area is 928 Å². The summed E-state index contributed by atoms with van der Waals surface area (Å²) in [5.74, 6) is -3.13. The second-order valence-corrected chi connectivity index (χ2v) is 34.6. The van der Waals surface area contributed by atoms with E-state index < -0.39 is 24.4 Å². The molecule has 3 aliphatic heterocycles. The molecule has 0 unspecified atom stereocenters. The second-order valence-electron chi connectivity index (χ2n) is 34.6. The van der Waals surface area contributed by atoms with Crippen molar-refractivity contribution in [3.8, 4) is 0 Å². The molecule has 0 bridgehead atoms. The van der Waals surface area contributed by atoms with Crippen LogP contribution in [0.1, 0.15) is 319 Å². The zero-order chi connectivity index (χ0) is 103. The van der Waals surface area contributed by atoms with Gasteiger partial charge in [-0.3, -0.25) is 86.3 Å². The van der Waals surface area contributed by atoms with Gasteiger partial charge in [-0.25, -0.2) is 0 Å². The summed E-state index contributed by atoms with van der Waals surface area (Å²) in [6.07, 6.45) is 24.4. The van der Waals surface area contributed by atoms with E-state index in [0.29, 0.717) is 166 Å². The van der Waals surface area contributed by atoms with Crippen molar-refractivity contribution in [1.82, 2.24) is 24.9 Å². The summed E-state index contributed by atoms with van der Waals surface area (Å²) in [5.41, 5.74) is 26.2. The van der Waals surface area contributed by atoms with Crippen molar-refractivity contribution >= 4 is 146 Å². The summed E-state index contributed by atoms with van der Waals surface area (Å²) in [6.45, 7) is 11.9. The molecule has 1 fully saturated rings. The van der Waals surface area contributed by atoms with Crippen LogP contribution in [0.5, 0.6) is 0 Å². The molecule has 36 nitrogen and oxygen atoms in total. The number of carbonyl (C=O) groups is 18. The molecular formula is C106H125ClN9O27Y3-3. The molecule has 8 heterocycles. The molecule has 3 amide bonds. The fourth-order valence-corrected chi connectivity index (χ4v) is 17.6. The number of quaternary nitrogens is 1. The minimum Gasteiger partial charge on any atom is -1.00 e. The number of carboxylic acid groups (broad SMARTS) is 3. The van der Waals surface area contributed by atoms with Crippen LogP contribution in [0.4, 0.5) is 17.1 Å². The normalized spacial score (nSPS) is 14.8. The van der Waals surface area contributed by atoms with Crippen LogP contribution in [0.25, 0.3) is 23.3 Å². The predicted octanol–water partition coefficient (Wildman–Crippen LogP) is 10.1. The van der Waals surface area contributed by atoms with E-state index in [0.717, 1.165) is 177 Å². The van der Waals surface area contributed by atoms with Gasteiger partial charge in [-0.15, -0.1) is 5.56 Å². The van der Waals surface area contributed by atoms with Crippen molar-refractivity contribution < 1.29 is 246 Å². The number of aliphatic carboxylic acids is 3. The van der Waals surface area contributed by atoms with Crippen molar-refractivity contribution in [2.24, 2.45) is 0 Å². The number of aldehydes is 1. The fraction of sp³-hybridized carbons (Fsp3) is 0.434. The molecule has 0 saturated heterocycles. The number of H-pyrrole nitrogens is 5. The monoisotopic (exact) mass is 2260 g/mol. The molecular weight excluding hydrogens is 2130 g/mol. The van der Waals surface area contributed by atoms with Crippen LogP contribution in [0.2, 0.25) is 0 Å². The smallest absolute Gasteiger partial charge is 0.306 e. The average Bonchev–Trinajstić information content (AvgIpc) is 1.62. The number of fused-ring (bicyclic) bond motifs is 8. The van der Waals surface area contributed by atoms with Gasteiger partial charge in [0.1, 0.15) is 18.1 Å². The maximum Gasteiger partial charge on any atom is 0.306 e. The number of halogens is 1. The first-order valence-corrected chi connectivity index (χ1v) is 47.7. The van der Waals surface area contributed by atoms with E-state index in [4.69, 9.17) is 29.5 Å². The van der Waals surface area contributed by atoms with Crippen LogP contribution in [0, 0.1) is 39.0 Å². The molecule has 3 radical (unpaired) electrons. The maximum atomic E-state index is 12.6. The zero-order valence-electron chi connectivity index (χ0n) is 83.8. The van der Waals surface area contributed by atoms with E-state index in [9.17, 15) is 86.3 Å². The number of rotatable bonds is 28. The third kappa shape index (κ3) is 36.9. The summed E-state index contributed by atoms with van der Waals surface area (Å²) in [5, 5.41) is 34.2. The average molecular weight is 2260 g/mol. The zero-order valence-corrected chi connectivity index (χ0v) is 93.1. The van der Waals surface area contributed by atoms with Crippen molar-refractivity contribution in [1.29, 1.82) is 0 Å². The molecule has 0 spiro atoms. The number of aromatic amines is 5. The Morgan fingerprint density at radius 2 is 0.747 bits per heavy atom. The Hall–Kier alpha value is -10.8. The number of esters is 3. The predicted molar refractivity (Wildman–Crippen MR) is 521 cm³/mol. The van der Waals surface area contributed by atoms with Crippen molar-refractivity contribution in [2.75, 3.05) is 63.6 Å². The first-order chi connectivity index (χ1) is 68.0. The number of aryl methyl sites for hydroxylation is 10. The van der Waals surface area contributed by atoms with Crippen LogP contribution in [-0.2, 0) is 255 Å². The number of aromatic nitrogens is 5. The second kappa shape index (κ2) is 63.2. The first-order valence-electron chi connectivity index (χ1n) is 47.7. The van der Waals surface area contributed by atoms with Gasteiger partial charge in [0.15, 0.2) is 41.0 Å². The number of anilines is 3. The topological polar surface area (TPSA) is 566 Å². The Balaban J connectivity index is 0.000000298. The number of ether oxygens (including phenoxy) is 6. The van der Waals surface area contributed by atoms with Crippen molar-refractivity contribution in [3.63, 3.8) is 0 Å². The molecule has 775 valence electrons. The first kappa shape index (κ1) is 126. The molecule has 146 heavy (non-hydrogen) atoms. The molecule has 3 aromatic carbocycles. The quantitative estimate of drug-likeness (QED) is 0.00412. The van der Waals surface area contributed by atoms with Crippen molar-refractivity contribution in [2.45, 2.75) is 253 Å². The van der Waals surface area contributed by atoms with E-state index >= 15 is 0 Å². The molecule has 40 heteroatoms. The number of Topliss-reactive ketones (excluding diaryl/α,β-unsaturated/α-hetero) is 8. The van der Waals surface area contributed by atoms with E-state index in [2.05, 4.69) is 79.0 Å². The Morgan fingerprint density at radius 3 is 1.10 bits per heavy atom. The minimum absolute atomic E-state index is 0. The van der Waals surface area contributed by atoms with Gasteiger partial charge in [-0.1, -0.05) is 49.0 Å². The van der Waals surface area contributed by atoms with Crippen LogP contribution in [0.3, 0.4) is 0 Å². The number of ketones is 8. The molecule has 17 rings (SSSR count). The molecule has 6 aliphatic carbocycles. The Kier molecular flexibility index (Phi) is 54.4. The van der Waals surface area contributed by atoms with Gasteiger partial charge < -0.3 is 103 Å². The summed E-state index contributed by atoms with van der Waals surface area (Å²) in [4.78, 5) is 220. The van der Waals surface area contributed by atoms with Gasteiger partial charge in [0, 0.05) is 301 Å². The SMILES string of the molecule is CCOC(=O)CCc1c(/C=C2\C(=O)Nc3c[c-]c(C)cc32)[nH]c2c1C(=O)CCC2.CCOC(=O)CCc1c(C=O)[nH]c2c1C(=O)CCC2.CCOC(=O)CCc1c[nH]c2c1C(=O)CCC2.COC(OC)OC.Cc1[c-]cc2c(c1)/C(=C/c1[nH]c3c(c1CCC(=O)O)C(=O)CCC3)C(=O)N2.Cc1[c-]cc2c(c1)CC(=O)N2.O=C(O)CCc1c[nH]c2c1C(=O)CCC2.O=C1CCCC(=O)C1.[Cl-].[NH3+]CC(=O)CCC(=O)O.[Y].[Y].[Y]. The molecule has 8 aromatic rings. The van der Waals surface area contributed by atoms with Gasteiger partial charge in [0.25, 0.3) is 6.48 Å². The number of hydrogen-bond acceptors (Lipinski definition) is 24. The molecule has 0 atom stereocenters. The van der Waals surface area contributed by atoms with Gasteiger partial charge in [-0.05, 0) is 163 Å². The van der Waals surface area contributed by atoms with Crippen LogP contribution < -0.4 is 34.1 Å². The van der Waals surface area contributed by atoms with Gasteiger partial charge in [0.2, 0.25) is 17.7 Å². The third-order valence-corrected chi connectivity index (χ3v) is 24.2. The van der Waals surface area contributed by atoms with Gasteiger partial charge in [-0.2, -0.15) is 71.3 Å². The summed E-state index contributed by atoms with van der Waals surface area (Å²) < 4.78 is 28.6. The largest absolute Gasteiger partial charge is 1.00 e. The molecule has 9 aliphatic rings. The van der Waals surface area contributed by atoms with Gasteiger partial charge >= 0.3 is 35.8 Å². The number of benzene rings is 3. The van der Waals surface area contributed by atoms with E-state index in [1.807, 2.05) is 51.2 Å². The number of carboxylic acids is 3. The van der Waals surface area contributed by atoms with Crippen LogP contribution >= 0.6 is 0 Å². The maximum absolute atomic E-state index is 12.6.